The molecule has 1 aromatic heterocycles. The fourth-order valence-corrected chi connectivity index (χ4v) is 3.08. The van der Waals surface area contributed by atoms with Crippen molar-refractivity contribution in [1.29, 1.82) is 0 Å². The van der Waals surface area contributed by atoms with Crippen molar-refractivity contribution in [1.82, 2.24) is 0 Å². The molecule has 0 bridgehead atoms. The number of hydrogen-bond acceptors (Lipinski definition) is 5. The number of nitrogens with one attached hydrogen (secondary N) is 1. The number of rotatable bonds is 7. The van der Waals surface area contributed by atoms with Gasteiger partial charge >= 0.3 is 0 Å². The lowest BCUT2D eigenvalue weighted by atomic mass is 10.2. The van der Waals surface area contributed by atoms with Gasteiger partial charge in [0.1, 0.15) is 6.61 Å². The van der Waals surface area contributed by atoms with Gasteiger partial charge in [-0.25, -0.2) is 0 Å². The van der Waals surface area contributed by atoms with Crippen LogP contribution in [0.2, 0.25) is 0 Å². The van der Waals surface area contributed by atoms with E-state index in [1.807, 2.05) is 18.2 Å². The normalized spacial score (nSPS) is 10.3. The van der Waals surface area contributed by atoms with E-state index in [0.29, 0.717) is 11.5 Å². The Bertz CT molecular complexity index is 559. The molecule has 0 aliphatic rings. The number of anilines is 1. The summed E-state index contributed by atoms with van der Waals surface area (Å²) in [6.07, 6.45) is 0. The molecule has 0 spiro atoms. The van der Waals surface area contributed by atoms with Gasteiger partial charge in [-0.2, -0.15) is 0 Å². The summed E-state index contributed by atoms with van der Waals surface area (Å²) >= 11 is 5.14. The van der Waals surface area contributed by atoms with Gasteiger partial charge in [0.15, 0.2) is 11.5 Å². The molecule has 2 rings (SSSR count). The first-order chi connectivity index (χ1) is 9.72. The predicted octanol–water partition coefficient (Wildman–Crippen LogP) is 3.50. The molecule has 0 atom stereocenters. The van der Waals surface area contributed by atoms with Crippen LogP contribution in [0.5, 0.6) is 11.5 Å². The maximum atomic E-state index is 8.83. The Morgan fingerprint density at radius 1 is 1.30 bits per heavy atom. The van der Waals surface area contributed by atoms with Crippen LogP contribution in [0.3, 0.4) is 0 Å². The van der Waals surface area contributed by atoms with Gasteiger partial charge in [0, 0.05) is 33.0 Å². The molecule has 1 heterocycles. The minimum atomic E-state index is -0.0238. The zero-order valence-corrected chi connectivity index (χ0v) is 13.5. The highest BCUT2D eigenvalue weighted by molar-refractivity contribution is 9.10. The third-order valence-corrected chi connectivity index (χ3v) is 4.30. The maximum absolute atomic E-state index is 8.83. The molecule has 1 aromatic carbocycles. The van der Waals surface area contributed by atoms with Crippen molar-refractivity contribution in [2.45, 2.75) is 6.54 Å². The Kier molecular flexibility index (Phi) is 5.70. The average molecular weight is 358 g/mol. The zero-order chi connectivity index (χ0) is 14.4. The highest BCUT2D eigenvalue weighted by Gasteiger charge is 2.06. The zero-order valence-electron chi connectivity index (χ0n) is 11.1. The topological polar surface area (TPSA) is 50.7 Å². The first-order valence-electron chi connectivity index (χ1n) is 6.11. The van der Waals surface area contributed by atoms with E-state index in [2.05, 4.69) is 32.7 Å². The van der Waals surface area contributed by atoms with E-state index in [0.717, 1.165) is 16.7 Å². The minimum Gasteiger partial charge on any atom is -0.493 e. The van der Waals surface area contributed by atoms with Crippen LogP contribution < -0.4 is 14.8 Å². The van der Waals surface area contributed by atoms with Crippen molar-refractivity contribution in [3.63, 3.8) is 0 Å². The molecular formula is C14H16BrNO3S. The average Bonchev–Trinajstić information content (AvgIpc) is 2.88. The second kappa shape index (κ2) is 7.52. The van der Waals surface area contributed by atoms with Crippen molar-refractivity contribution >= 4 is 33.0 Å². The molecule has 6 heteroatoms. The van der Waals surface area contributed by atoms with Crippen molar-refractivity contribution in [3.8, 4) is 11.5 Å². The van der Waals surface area contributed by atoms with Crippen molar-refractivity contribution in [2.75, 3.05) is 25.6 Å². The Balaban J connectivity index is 2.03. The second-order valence-electron chi connectivity index (χ2n) is 4.02. The lowest BCUT2D eigenvalue weighted by Gasteiger charge is -2.12. The van der Waals surface area contributed by atoms with Crippen molar-refractivity contribution < 1.29 is 14.6 Å². The molecule has 0 saturated heterocycles. The van der Waals surface area contributed by atoms with Crippen molar-refractivity contribution in [3.05, 3.63) is 39.0 Å². The molecule has 2 aromatic rings. The molecule has 108 valence electrons. The molecule has 0 aliphatic heterocycles. The Morgan fingerprint density at radius 2 is 2.15 bits per heavy atom. The van der Waals surface area contributed by atoms with Crippen LogP contribution in [0.15, 0.2) is 34.1 Å². The van der Waals surface area contributed by atoms with Gasteiger partial charge in [0.05, 0.1) is 13.7 Å². The van der Waals surface area contributed by atoms with Crippen LogP contribution in [-0.2, 0) is 6.54 Å². The maximum Gasteiger partial charge on any atom is 0.163 e. The van der Waals surface area contributed by atoms with Gasteiger partial charge in [0.25, 0.3) is 0 Å². The Hall–Kier alpha value is -1.24. The fourth-order valence-electron chi connectivity index (χ4n) is 1.69. The molecule has 0 unspecified atom stereocenters. The van der Waals surface area contributed by atoms with Gasteiger partial charge < -0.3 is 19.9 Å². The molecule has 0 fully saturated rings. The summed E-state index contributed by atoms with van der Waals surface area (Å²) < 4.78 is 11.8. The number of halogens is 1. The number of thiophene rings is 1. The van der Waals surface area contributed by atoms with Crippen LogP contribution in [0.1, 0.15) is 4.88 Å². The van der Waals surface area contributed by atoms with E-state index in [4.69, 9.17) is 14.6 Å². The minimum absolute atomic E-state index is 0.0238. The van der Waals surface area contributed by atoms with Gasteiger partial charge in [-0.1, -0.05) is 0 Å². The summed E-state index contributed by atoms with van der Waals surface area (Å²) in [5.74, 6) is 1.28. The van der Waals surface area contributed by atoms with Gasteiger partial charge in [0.2, 0.25) is 0 Å². The summed E-state index contributed by atoms with van der Waals surface area (Å²) in [4.78, 5) is 1.24. The molecule has 0 aliphatic carbocycles. The third-order valence-electron chi connectivity index (χ3n) is 2.60. The quantitative estimate of drug-likeness (QED) is 0.796. The molecule has 2 N–H and O–H groups in total. The van der Waals surface area contributed by atoms with E-state index in [1.54, 1.807) is 18.4 Å². The highest BCUT2D eigenvalue weighted by Crippen LogP contribution is 2.30. The smallest absolute Gasteiger partial charge is 0.163 e. The first kappa shape index (κ1) is 15.2. The third kappa shape index (κ3) is 4.13. The molecule has 0 saturated carbocycles. The van der Waals surface area contributed by atoms with Gasteiger partial charge in [-0.05, 0) is 34.1 Å². The lowest BCUT2D eigenvalue weighted by Crippen LogP contribution is -2.04. The van der Waals surface area contributed by atoms with Crippen LogP contribution in [-0.4, -0.2) is 25.4 Å². The monoisotopic (exact) mass is 357 g/mol. The molecule has 4 nitrogen and oxygen atoms in total. The predicted molar refractivity (Wildman–Crippen MR) is 84.9 cm³/mol. The molecule has 0 amide bonds. The number of hydrogen-bond donors (Lipinski definition) is 2. The molecule has 20 heavy (non-hydrogen) atoms. The molecule has 0 radical (unpaired) electrons. The van der Waals surface area contributed by atoms with E-state index in [1.165, 1.54) is 4.88 Å². The molecular weight excluding hydrogens is 342 g/mol. The fraction of sp³-hybridized carbons (Fsp3) is 0.286. The van der Waals surface area contributed by atoms with E-state index in [-0.39, 0.29) is 13.2 Å². The number of methoxy groups -OCH3 is 1. The van der Waals surface area contributed by atoms with Gasteiger partial charge in [-0.15, -0.1) is 11.3 Å². The second-order valence-corrected chi connectivity index (χ2v) is 5.93. The summed E-state index contributed by atoms with van der Waals surface area (Å²) in [6, 6.07) is 7.74. The van der Waals surface area contributed by atoms with E-state index < -0.39 is 0 Å². The summed E-state index contributed by atoms with van der Waals surface area (Å²) in [7, 11) is 1.59. The van der Waals surface area contributed by atoms with Crippen LogP contribution in [0.4, 0.5) is 5.69 Å². The van der Waals surface area contributed by atoms with Crippen LogP contribution >= 0.6 is 27.3 Å². The highest BCUT2D eigenvalue weighted by atomic mass is 79.9. The Labute approximate surface area is 130 Å². The summed E-state index contributed by atoms with van der Waals surface area (Å²) in [5.41, 5.74) is 0.947. The SMILES string of the molecule is COc1ccc(NCc2cc(Br)cs2)cc1OCCO. The van der Waals surface area contributed by atoms with Crippen molar-refractivity contribution in [2.24, 2.45) is 0 Å². The van der Waals surface area contributed by atoms with Gasteiger partial charge in [-0.3, -0.25) is 0 Å². The number of ether oxygens (including phenoxy) is 2. The van der Waals surface area contributed by atoms with Crippen LogP contribution in [0, 0.1) is 0 Å². The Morgan fingerprint density at radius 3 is 2.80 bits per heavy atom. The first-order valence-corrected chi connectivity index (χ1v) is 7.78. The van der Waals surface area contributed by atoms with E-state index >= 15 is 0 Å². The van der Waals surface area contributed by atoms with E-state index in [9.17, 15) is 0 Å². The number of aliphatic hydroxyl groups is 1. The standard InChI is InChI=1S/C14H16BrNO3S/c1-18-13-3-2-11(7-14(13)19-5-4-17)16-8-12-6-10(15)9-20-12/h2-3,6-7,9,16-17H,4-5,8H2,1H3. The lowest BCUT2D eigenvalue weighted by molar-refractivity contribution is 0.196. The summed E-state index contributed by atoms with van der Waals surface area (Å²) in [6.45, 7) is 0.976. The largest absolute Gasteiger partial charge is 0.493 e. The van der Waals surface area contributed by atoms with Crippen LogP contribution in [0.25, 0.3) is 0 Å². The number of benzene rings is 1. The summed E-state index contributed by atoms with van der Waals surface area (Å²) in [5, 5.41) is 14.2. The number of aliphatic hydroxyl groups excluding tert-OH is 1.